The van der Waals surface area contributed by atoms with E-state index in [0.717, 1.165) is 30.4 Å². The van der Waals surface area contributed by atoms with Crippen LogP contribution in [0.15, 0.2) is 35.6 Å². The number of aliphatic hydroxyl groups excluding tert-OH is 1. The van der Waals surface area contributed by atoms with Crippen molar-refractivity contribution in [2.24, 2.45) is 34.3 Å². The minimum Gasteiger partial charge on any atom is -0.402 e. The van der Waals surface area contributed by atoms with E-state index in [4.69, 9.17) is 5.73 Å². The maximum atomic E-state index is 9.93. The van der Waals surface area contributed by atoms with Crippen molar-refractivity contribution in [1.29, 1.82) is 0 Å². The zero-order valence-electron chi connectivity index (χ0n) is 13.2. The van der Waals surface area contributed by atoms with Crippen molar-refractivity contribution >= 4 is 0 Å². The van der Waals surface area contributed by atoms with E-state index in [1.54, 1.807) is 0 Å². The van der Waals surface area contributed by atoms with Crippen LogP contribution in [0, 0.1) is 28.6 Å². The molecule has 3 N–H and O–H groups in total. The van der Waals surface area contributed by atoms with E-state index in [0.29, 0.717) is 5.92 Å². The monoisotopic (exact) mass is 285 g/mol. The number of hydrogen-bond acceptors (Lipinski definition) is 2. The lowest BCUT2D eigenvalue weighted by Gasteiger charge is -2.56. The van der Waals surface area contributed by atoms with Crippen LogP contribution in [0.2, 0.25) is 0 Å². The number of fused-ring (bicyclic) bond motifs is 5. The van der Waals surface area contributed by atoms with Crippen molar-refractivity contribution in [3.05, 3.63) is 35.6 Å². The van der Waals surface area contributed by atoms with Crippen LogP contribution in [0.1, 0.15) is 46.0 Å². The molecule has 0 aromatic rings. The highest BCUT2D eigenvalue weighted by molar-refractivity contribution is 5.34. The Labute approximate surface area is 127 Å². The Morgan fingerprint density at radius 3 is 2.81 bits per heavy atom. The van der Waals surface area contributed by atoms with Crippen LogP contribution in [0.25, 0.3) is 0 Å². The highest BCUT2D eigenvalue weighted by atomic mass is 16.3. The molecule has 1 saturated carbocycles. The molecule has 114 valence electrons. The SMILES string of the molecule is C[C@]12C=CC(O)CC1=CC[C@@H]1[C@H]2CC[C@]2(C)C(N)=CC[C@@H]12. The summed E-state index contributed by atoms with van der Waals surface area (Å²) in [5.41, 5.74) is 9.34. The number of aliphatic hydroxyl groups is 1. The molecule has 0 aliphatic heterocycles. The van der Waals surface area contributed by atoms with Gasteiger partial charge in [-0.15, -0.1) is 0 Å². The second-order valence-corrected chi connectivity index (χ2v) is 8.11. The molecule has 0 radical (unpaired) electrons. The summed E-state index contributed by atoms with van der Waals surface area (Å²) < 4.78 is 0. The molecule has 0 amide bonds. The summed E-state index contributed by atoms with van der Waals surface area (Å²) in [7, 11) is 0. The van der Waals surface area contributed by atoms with Gasteiger partial charge in [0.2, 0.25) is 0 Å². The number of rotatable bonds is 0. The smallest absolute Gasteiger partial charge is 0.0758 e. The predicted molar refractivity (Wildman–Crippen MR) is 85.3 cm³/mol. The van der Waals surface area contributed by atoms with Crippen molar-refractivity contribution in [3.63, 3.8) is 0 Å². The number of allylic oxidation sites excluding steroid dienone is 4. The van der Waals surface area contributed by atoms with Gasteiger partial charge in [-0.05, 0) is 49.9 Å². The van der Waals surface area contributed by atoms with Crippen molar-refractivity contribution in [2.75, 3.05) is 0 Å². The second-order valence-electron chi connectivity index (χ2n) is 8.11. The Kier molecular flexibility index (Phi) is 2.76. The minimum absolute atomic E-state index is 0.167. The van der Waals surface area contributed by atoms with E-state index in [2.05, 4.69) is 32.1 Å². The van der Waals surface area contributed by atoms with Crippen LogP contribution in [0.4, 0.5) is 0 Å². The standard InChI is InChI=1S/C19H27NO/c1-18-9-7-13(21)11-12(18)3-4-14-15-5-6-17(20)19(15,2)10-8-16(14)18/h3,6-7,9,13-16,21H,4-5,8,10-11,20H2,1-2H3/t13?,14-,15-,16+,18-,19-/m0/s1. The Morgan fingerprint density at radius 1 is 1.19 bits per heavy atom. The van der Waals surface area contributed by atoms with Gasteiger partial charge in [0.25, 0.3) is 0 Å². The highest BCUT2D eigenvalue weighted by Gasteiger charge is 2.55. The van der Waals surface area contributed by atoms with Crippen LogP contribution >= 0.6 is 0 Å². The van der Waals surface area contributed by atoms with E-state index in [9.17, 15) is 5.11 Å². The van der Waals surface area contributed by atoms with Gasteiger partial charge in [0.1, 0.15) is 0 Å². The van der Waals surface area contributed by atoms with Gasteiger partial charge in [0, 0.05) is 16.5 Å². The van der Waals surface area contributed by atoms with Gasteiger partial charge in [0.15, 0.2) is 0 Å². The van der Waals surface area contributed by atoms with E-state index in [1.807, 2.05) is 6.08 Å². The molecule has 4 aliphatic rings. The molecular weight excluding hydrogens is 258 g/mol. The first-order valence-corrected chi connectivity index (χ1v) is 8.48. The molecule has 21 heavy (non-hydrogen) atoms. The summed E-state index contributed by atoms with van der Waals surface area (Å²) in [6.07, 6.45) is 14.4. The Morgan fingerprint density at radius 2 is 2.00 bits per heavy atom. The molecule has 0 aromatic heterocycles. The molecular formula is C19H27NO. The molecule has 4 aliphatic carbocycles. The van der Waals surface area contributed by atoms with Gasteiger partial charge in [-0.1, -0.05) is 43.7 Å². The third-order valence-corrected chi connectivity index (χ3v) is 7.27. The van der Waals surface area contributed by atoms with Crippen LogP contribution < -0.4 is 5.73 Å². The van der Waals surface area contributed by atoms with Gasteiger partial charge >= 0.3 is 0 Å². The lowest BCUT2D eigenvalue weighted by Crippen LogP contribution is -2.49. The molecule has 0 saturated heterocycles. The molecule has 2 nitrogen and oxygen atoms in total. The third-order valence-electron chi connectivity index (χ3n) is 7.27. The molecule has 4 rings (SSSR count). The van der Waals surface area contributed by atoms with Crippen molar-refractivity contribution in [2.45, 2.75) is 52.1 Å². The van der Waals surface area contributed by atoms with Crippen LogP contribution in [0.5, 0.6) is 0 Å². The Hall–Kier alpha value is -1.02. The summed E-state index contributed by atoms with van der Waals surface area (Å²) in [4.78, 5) is 0. The van der Waals surface area contributed by atoms with Crippen molar-refractivity contribution in [1.82, 2.24) is 0 Å². The summed E-state index contributed by atoms with van der Waals surface area (Å²) >= 11 is 0. The maximum absolute atomic E-state index is 9.93. The first kappa shape index (κ1) is 13.6. The zero-order valence-corrected chi connectivity index (χ0v) is 13.2. The largest absolute Gasteiger partial charge is 0.402 e. The minimum atomic E-state index is -0.279. The number of nitrogens with two attached hydrogens (primary N) is 1. The van der Waals surface area contributed by atoms with Crippen LogP contribution in [-0.2, 0) is 0 Å². The average Bonchev–Trinajstić information content (AvgIpc) is 2.76. The first-order chi connectivity index (χ1) is 9.95. The van der Waals surface area contributed by atoms with E-state index in [-0.39, 0.29) is 16.9 Å². The molecule has 6 atom stereocenters. The molecule has 2 heteroatoms. The summed E-state index contributed by atoms with van der Waals surface area (Å²) in [6, 6.07) is 0. The van der Waals surface area contributed by atoms with E-state index in [1.165, 1.54) is 24.8 Å². The molecule has 1 unspecified atom stereocenters. The van der Waals surface area contributed by atoms with Gasteiger partial charge < -0.3 is 10.8 Å². The lowest BCUT2D eigenvalue weighted by atomic mass is 9.49. The average molecular weight is 285 g/mol. The maximum Gasteiger partial charge on any atom is 0.0758 e. The van der Waals surface area contributed by atoms with E-state index < -0.39 is 0 Å². The Bertz CT molecular complexity index is 560. The summed E-state index contributed by atoms with van der Waals surface area (Å²) in [5, 5.41) is 9.93. The summed E-state index contributed by atoms with van der Waals surface area (Å²) in [5.74, 6) is 2.18. The first-order valence-electron chi connectivity index (χ1n) is 8.48. The highest BCUT2D eigenvalue weighted by Crippen LogP contribution is 2.63. The van der Waals surface area contributed by atoms with Crippen molar-refractivity contribution < 1.29 is 5.11 Å². The summed E-state index contributed by atoms with van der Waals surface area (Å²) in [6.45, 7) is 4.78. The Balaban J connectivity index is 1.71. The van der Waals surface area contributed by atoms with E-state index >= 15 is 0 Å². The molecule has 0 bridgehead atoms. The predicted octanol–water partition coefficient (Wildman–Crippen LogP) is 3.54. The van der Waals surface area contributed by atoms with Crippen LogP contribution in [-0.4, -0.2) is 11.2 Å². The van der Waals surface area contributed by atoms with Gasteiger partial charge in [0.05, 0.1) is 6.10 Å². The number of hydrogen-bond donors (Lipinski definition) is 2. The molecule has 1 fully saturated rings. The quantitative estimate of drug-likeness (QED) is 0.669. The van der Waals surface area contributed by atoms with Gasteiger partial charge in [-0.2, -0.15) is 0 Å². The fourth-order valence-corrected chi connectivity index (χ4v) is 5.84. The fourth-order valence-electron chi connectivity index (χ4n) is 5.84. The molecule has 0 aromatic carbocycles. The second kappa shape index (κ2) is 4.25. The van der Waals surface area contributed by atoms with Crippen LogP contribution in [0.3, 0.4) is 0 Å². The third kappa shape index (κ3) is 1.69. The van der Waals surface area contributed by atoms with Gasteiger partial charge in [-0.25, -0.2) is 0 Å². The zero-order chi connectivity index (χ0) is 14.8. The fraction of sp³-hybridized carbons (Fsp3) is 0.684. The van der Waals surface area contributed by atoms with Gasteiger partial charge in [-0.3, -0.25) is 0 Å². The molecule has 0 heterocycles. The lowest BCUT2D eigenvalue weighted by molar-refractivity contribution is 0.00396. The normalized spacial score (nSPS) is 51.6. The topological polar surface area (TPSA) is 46.2 Å². The van der Waals surface area contributed by atoms with Crippen molar-refractivity contribution in [3.8, 4) is 0 Å². The molecule has 0 spiro atoms.